The number of nitrogens with zero attached hydrogens (tertiary/aromatic N) is 1. The highest BCUT2D eigenvalue weighted by Gasteiger charge is 2.48. The molecule has 2 atom stereocenters. The second-order valence-electron chi connectivity index (χ2n) is 7.41. The first-order valence-corrected chi connectivity index (χ1v) is 8.80. The van der Waals surface area contributed by atoms with E-state index in [4.69, 9.17) is 4.74 Å². The highest BCUT2D eigenvalue weighted by Crippen LogP contribution is 2.44. The molecule has 3 nitrogen and oxygen atoms in total. The highest BCUT2D eigenvalue weighted by atomic mass is 16.5. The maximum absolute atomic E-state index is 5.81. The van der Waals surface area contributed by atoms with Gasteiger partial charge in [0.2, 0.25) is 0 Å². The molecule has 116 valence electrons. The monoisotopic (exact) mass is 280 g/mol. The van der Waals surface area contributed by atoms with Crippen molar-refractivity contribution in [1.29, 1.82) is 0 Å². The zero-order valence-corrected chi connectivity index (χ0v) is 13.4. The molecule has 0 aromatic heterocycles. The fraction of sp³-hybridized carbons (Fsp3) is 1.00. The Morgan fingerprint density at radius 3 is 2.65 bits per heavy atom. The van der Waals surface area contributed by atoms with Gasteiger partial charge in [-0.05, 0) is 50.9 Å². The van der Waals surface area contributed by atoms with Gasteiger partial charge in [0.15, 0.2) is 0 Å². The number of piperazine rings is 1. The molecule has 0 spiro atoms. The maximum Gasteiger partial charge on any atom is 0.0593 e. The van der Waals surface area contributed by atoms with Crippen LogP contribution < -0.4 is 5.32 Å². The summed E-state index contributed by atoms with van der Waals surface area (Å²) in [5.41, 5.74) is 0.370. The standard InChI is InChI=1S/C17H32N2O/c1-3-4-10-20-11-9-19-13-17(2,15-7-8-15)18-12-16(19)14-5-6-14/h14-16,18H,3-13H2,1-2H3. The average molecular weight is 280 g/mol. The summed E-state index contributed by atoms with van der Waals surface area (Å²) in [7, 11) is 0. The van der Waals surface area contributed by atoms with Gasteiger partial charge in [0.25, 0.3) is 0 Å². The summed E-state index contributed by atoms with van der Waals surface area (Å²) < 4.78 is 5.81. The largest absolute Gasteiger partial charge is 0.380 e. The summed E-state index contributed by atoms with van der Waals surface area (Å²) in [6.45, 7) is 10.1. The first kappa shape index (κ1) is 14.8. The summed E-state index contributed by atoms with van der Waals surface area (Å²) >= 11 is 0. The van der Waals surface area contributed by atoms with Crippen LogP contribution in [-0.4, -0.2) is 49.3 Å². The number of nitrogens with one attached hydrogen (secondary N) is 1. The van der Waals surface area contributed by atoms with Crippen LogP contribution in [0.5, 0.6) is 0 Å². The third kappa shape index (κ3) is 3.55. The first-order chi connectivity index (χ1) is 9.73. The van der Waals surface area contributed by atoms with E-state index in [1.54, 1.807) is 0 Å². The summed E-state index contributed by atoms with van der Waals surface area (Å²) in [5, 5.41) is 3.89. The Morgan fingerprint density at radius 2 is 2.00 bits per heavy atom. The molecule has 0 aromatic rings. The van der Waals surface area contributed by atoms with E-state index in [-0.39, 0.29) is 0 Å². The molecule has 0 radical (unpaired) electrons. The van der Waals surface area contributed by atoms with Gasteiger partial charge < -0.3 is 10.1 Å². The second kappa shape index (κ2) is 6.33. The van der Waals surface area contributed by atoms with Gasteiger partial charge in [-0.1, -0.05) is 13.3 Å². The summed E-state index contributed by atoms with van der Waals surface area (Å²) in [4.78, 5) is 2.75. The van der Waals surface area contributed by atoms with Gasteiger partial charge in [0.1, 0.15) is 0 Å². The lowest BCUT2D eigenvalue weighted by atomic mass is 9.90. The molecule has 3 aliphatic rings. The lowest BCUT2D eigenvalue weighted by molar-refractivity contribution is 0.0307. The van der Waals surface area contributed by atoms with Crippen LogP contribution in [0.3, 0.4) is 0 Å². The van der Waals surface area contributed by atoms with Crippen LogP contribution in [0.4, 0.5) is 0 Å². The van der Waals surface area contributed by atoms with E-state index in [1.807, 2.05) is 0 Å². The van der Waals surface area contributed by atoms with Crippen molar-refractivity contribution in [1.82, 2.24) is 10.2 Å². The Kier molecular flexibility index (Phi) is 4.68. The van der Waals surface area contributed by atoms with Crippen molar-refractivity contribution in [2.75, 3.05) is 32.8 Å². The van der Waals surface area contributed by atoms with Gasteiger partial charge in [-0.25, -0.2) is 0 Å². The Morgan fingerprint density at radius 1 is 1.20 bits per heavy atom. The van der Waals surface area contributed by atoms with Crippen LogP contribution in [0.1, 0.15) is 52.4 Å². The van der Waals surface area contributed by atoms with Gasteiger partial charge in [-0.15, -0.1) is 0 Å². The van der Waals surface area contributed by atoms with E-state index in [2.05, 4.69) is 24.1 Å². The topological polar surface area (TPSA) is 24.5 Å². The molecule has 0 bridgehead atoms. The fourth-order valence-corrected chi connectivity index (χ4v) is 3.78. The van der Waals surface area contributed by atoms with E-state index in [9.17, 15) is 0 Å². The van der Waals surface area contributed by atoms with E-state index in [0.717, 1.165) is 37.6 Å². The number of unbranched alkanes of at least 4 members (excludes halogenated alkanes) is 1. The molecule has 1 heterocycles. The molecule has 1 saturated heterocycles. The van der Waals surface area contributed by atoms with Crippen LogP contribution >= 0.6 is 0 Å². The predicted octanol–water partition coefficient (Wildman–Crippen LogP) is 2.66. The number of rotatable bonds is 8. The molecule has 1 aliphatic heterocycles. The summed E-state index contributed by atoms with van der Waals surface area (Å²) in [6, 6.07) is 0.775. The predicted molar refractivity (Wildman–Crippen MR) is 82.9 cm³/mol. The average Bonchev–Trinajstić information content (AvgIpc) is 3.30. The van der Waals surface area contributed by atoms with Crippen molar-refractivity contribution in [2.45, 2.75) is 64.0 Å². The minimum atomic E-state index is 0.370. The van der Waals surface area contributed by atoms with Crippen LogP contribution in [-0.2, 0) is 4.74 Å². The Bertz CT molecular complexity index is 314. The molecule has 2 aliphatic carbocycles. The smallest absolute Gasteiger partial charge is 0.0593 e. The lowest BCUT2D eigenvalue weighted by Crippen LogP contribution is -2.64. The summed E-state index contributed by atoms with van der Waals surface area (Å²) in [6.07, 6.45) is 8.18. The van der Waals surface area contributed by atoms with Crippen molar-refractivity contribution >= 4 is 0 Å². The molecule has 2 unspecified atom stereocenters. The highest BCUT2D eigenvalue weighted by molar-refractivity contribution is 5.06. The third-order valence-electron chi connectivity index (χ3n) is 5.53. The Balaban J connectivity index is 1.49. The molecule has 3 rings (SSSR count). The van der Waals surface area contributed by atoms with Crippen molar-refractivity contribution < 1.29 is 4.74 Å². The van der Waals surface area contributed by atoms with E-state index in [1.165, 1.54) is 51.6 Å². The van der Waals surface area contributed by atoms with Gasteiger partial charge in [0, 0.05) is 37.8 Å². The molecule has 0 amide bonds. The molecule has 20 heavy (non-hydrogen) atoms. The van der Waals surface area contributed by atoms with Crippen molar-refractivity contribution in [3.8, 4) is 0 Å². The van der Waals surface area contributed by atoms with Gasteiger partial charge in [-0.2, -0.15) is 0 Å². The van der Waals surface area contributed by atoms with E-state index in [0.29, 0.717) is 5.54 Å². The van der Waals surface area contributed by atoms with E-state index >= 15 is 0 Å². The minimum Gasteiger partial charge on any atom is -0.380 e. The van der Waals surface area contributed by atoms with E-state index < -0.39 is 0 Å². The van der Waals surface area contributed by atoms with Crippen LogP contribution in [0, 0.1) is 11.8 Å². The van der Waals surface area contributed by atoms with Crippen LogP contribution in [0.2, 0.25) is 0 Å². The van der Waals surface area contributed by atoms with Gasteiger partial charge >= 0.3 is 0 Å². The lowest BCUT2D eigenvalue weighted by Gasteiger charge is -2.47. The van der Waals surface area contributed by atoms with Crippen molar-refractivity contribution in [3.05, 3.63) is 0 Å². The Hall–Kier alpha value is -0.120. The van der Waals surface area contributed by atoms with Crippen LogP contribution in [0.25, 0.3) is 0 Å². The van der Waals surface area contributed by atoms with Gasteiger partial charge in [-0.3, -0.25) is 4.90 Å². The quantitative estimate of drug-likeness (QED) is 0.692. The molecule has 3 heteroatoms. The molecule has 1 N–H and O–H groups in total. The molecule has 0 aromatic carbocycles. The molecule has 2 saturated carbocycles. The van der Waals surface area contributed by atoms with Gasteiger partial charge in [0.05, 0.1) is 6.61 Å². The number of hydrogen-bond acceptors (Lipinski definition) is 3. The first-order valence-electron chi connectivity index (χ1n) is 8.80. The summed E-state index contributed by atoms with van der Waals surface area (Å²) in [5.74, 6) is 1.88. The number of hydrogen-bond donors (Lipinski definition) is 1. The second-order valence-corrected chi connectivity index (χ2v) is 7.41. The fourth-order valence-electron chi connectivity index (χ4n) is 3.78. The van der Waals surface area contributed by atoms with Crippen molar-refractivity contribution in [2.24, 2.45) is 11.8 Å². The molecular formula is C17H32N2O. The zero-order chi connectivity index (χ0) is 14.0. The SMILES string of the molecule is CCCCOCCN1CC(C)(C2CC2)NCC1C1CC1. The maximum atomic E-state index is 5.81. The minimum absolute atomic E-state index is 0.370. The van der Waals surface area contributed by atoms with Crippen LogP contribution in [0.15, 0.2) is 0 Å². The number of ether oxygens (including phenoxy) is 1. The van der Waals surface area contributed by atoms with Crippen molar-refractivity contribution in [3.63, 3.8) is 0 Å². The molecular weight excluding hydrogens is 248 g/mol. The Labute approximate surface area is 124 Å². The molecule has 3 fully saturated rings. The normalized spacial score (nSPS) is 35.4. The third-order valence-corrected chi connectivity index (χ3v) is 5.53. The zero-order valence-electron chi connectivity index (χ0n) is 13.4.